The summed E-state index contributed by atoms with van der Waals surface area (Å²) in [6.45, 7) is 4.00. The van der Waals surface area contributed by atoms with Crippen molar-refractivity contribution < 1.29 is 32.9 Å². The number of aryl methyl sites for hydroxylation is 1. The molecule has 0 aliphatic carbocycles. The number of pyridine rings is 1. The van der Waals surface area contributed by atoms with E-state index in [0.29, 0.717) is 30.3 Å². The summed E-state index contributed by atoms with van der Waals surface area (Å²) in [5.74, 6) is -0.412. The first kappa shape index (κ1) is 19.3. The molecule has 1 aromatic heterocycles. The fourth-order valence-corrected chi connectivity index (χ4v) is 3.45. The van der Waals surface area contributed by atoms with E-state index in [1.807, 2.05) is 6.92 Å². The minimum Gasteiger partial charge on any atom is -0.493 e. The number of alkyl halides is 3. The predicted octanol–water partition coefficient (Wildman–Crippen LogP) is 5.91. The van der Waals surface area contributed by atoms with E-state index >= 15 is 0 Å². The van der Waals surface area contributed by atoms with Gasteiger partial charge in [0.05, 0.1) is 36.3 Å². The molecule has 0 bridgehead atoms. The van der Waals surface area contributed by atoms with E-state index in [1.54, 1.807) is 6.92 Å². The fraction of sp³-hybridized carbons (Fsp3) is 0.375. The number of aromatic nitrogens is 1. The Balaban J connectivity index is 2.27. The lowest BCUT2D eigenvalue weighted by atomic mass is 10.1. The van der Waals surface area contributed by atoms with Gasteiger partial charge in [-0.1, -0.05) is 6.07 Å². The Hall–Kier alpha value is -3.20. The molecule has 0 radical (unpaired) electrons. The molecule has 3 N–H and O–H groups in total. The van der Waals surface area contributed by atoms with Crippen LogP contribution >= 0.6 is 0 Å². The Kier molecular flexibility index (Phi) is 5.94. The van der Waals surface area contributed by atoms with Gasteiger partial charge in [0.25, 0.3) is 0 Å². The normalized spacial score (nSPS) is 14.6. The summed E-state index contributed by atoms with van der Waals surface area (Å²) >= 11 is 0. The van der Waals surface area contributed by atoms with Crippen molar-refractivity contribution in [1.82, 2.24) is 4.98 Å². The quantitative estimate of drug-likeness (QED) is 0.407. The van der Waals surface area contributed by atoms with Crippen LogP contribution in [0.15, 0.2) is 36.4 Å². The maximum atomic E-state index is 13.3. The van der Waals surface area contributed by atoms with Crippen LogP contribution in [0, 0.1) is 6.92 Å². The van der Waals surface area contributed by atoms with Gasteiger partial charge in [-0.2, -0.15) is 13.2 Å². The second-order valence-electron chi connectivity index (χ2n) is 7.57. The number of methoxy groups -OCH3 is 2. The second kappa shape index (κ2) is 10.2. The SMILES string of the molecule is [2H]c1c(OC)c(Oc2cccc(C(F)(F)F)c2)c2c(C)cc(OC([2H])([2H])[2H])nc2c1NC(C)CCCN. The van der Waals surface area contributed by atoms with Crippen LogP contribution in [0.1, 0.15) is 36.4 Å². The number of ether oxygens (including phenoxy) is 3. The second-order valence-corrected chi connectivity index (χ2v) is 7.57. The molecule has 178 valence electrons. The van der Waals surface area contributed by atoms with Gasteiger partial charge in [-0.15, -0.1) is 0 Å². The maximum absolute atomic E-state index is 13.3. The van der Waals surface area contributed by atoms with Gasteiger partial charge in [0.1, 0.15) is 11.3 Å². The number of nitrogens with zero attached hydrogens (tertiary/aromatic N) is 1. The van der Waals surface area contributed by atoms with Gasteiger partial charge in [0, 0.05) is 18.2 Å². The highest BCUT2D eigenvalue weighted by Gasteiger charge is 2.31. The minimum atomic E-state index is -4.58. The first-order valence-corrected chi connectivity index (χ1v) is 10.3. The van der Waals surface area contributed by atoms with Crippen molar-refractivity contribution in [2.75, 3.05) is 26.0 Å². The smallest absolute Gasteiger partial charge is 0.416 e. The van der Waals surface area contributed by atoms with Crippen LogP contribution in [0.4, 0.5) is 18.9 Å². The van der Waals surface area contributed by atoms with Crippen molar-refractivity contribution in [2.24, 2.45) is 5.73 Å². The van der Waals surface area contributed by atoms with Crippen molar-refractivity contribution in [3.8, 4) is 23.1 Å². The summed E-state index contributed by atoms with van der Waals surface area (Å²) in [4.78, 5) is 4.35. The third-order valence-corrected chi connectivity index (χ3v) is 5.02. The third-order valence-electron chi connectivity index (χ3n) is 5.02. The molecule has 1 heterocycles. The number of hydrogen-bond acceptors (Lipinski definition) is 6. The standard InChI is InChI=1S/C24H28F3N3O3/c1-14-11-20(32-4)30-22-18(29-15(2)7-6-10-28)13-19(31-3)23(21(14)22)33-17-9-5-8-16(12-17)24(25,26)27/h5,8-9,11-13,15,29H,6-7,10,28H2,1-4H3/i4D3,13D. The summed E-state index contributed by atoms with van der Waals surface area (Å²) in [5.41, 5.74) is 5.52. The highest BCUT2D eigenvalue weighted by Crippen LogP contribution is 2.45. The molecule has 0 saturated carbocycles. The molecule has 0 aliphatic heterocycles. The lowest BCUT2D eigenvalue weighted by Gasteiger charge is -2.21. The minimum absolute atomic E-state index is 0.0344. The topological polar surface area (TPSA) is 78.6 Å². The van der Waals surface area contributed by atoms with Crippen molar-refractivity contribution in [3.63, 3.8) is 0 Å². The molecule has 33 heavy (non-hydrogen) atoms. The zero-order valence-corrected chi connectivity index (χ0v) is 18.5. The Bertz CT molecular complexity index is 1270. The molecule has 1 unspecified atom stereocenters. The number of nitrogens with two attached hydrogens (primary N) is 1. The molecule has 0 spiro atoms. The summed E-state index contributed by atoms with van der Waals surface area (Å²) in [6, 6.07) is 5.36. The van der Waals surface area contributed by atoms with Gasteiger partial charge < -0.3 is 25.3 Å². The monoisotopic (exact) mass is 467 g/mol. The zero-order valence-electron chi connectivity index (χ0n) is 22.5. The van der Waals surface area contributed by atoms with Gasteiger partial charge in [0.15, 0.2) is 11.5 Å². The average molecular weight is 468 g/mol. The van der Waals surface area contributed by atoms with Crippen molar-refractivity contribution in [2.45, 2.75) is 38.9 Å². The lowest BCUT2D eigenvalue weighted by molar-refractivity contribution is -0.137. The van der Waals surface area contributed by atoms with E-state index in [2.05, 4.69) is 10.3 Å². The summed E-state index contributed by atoms with van der Waals surface area (Å²) < 4.78 is 87.3. The predicted molar refractivity (Wildman–Crippen MR) is 122 cm³/mol. The summed E-state index contributed by atoms with van der Waals surface area (Å²) in [7, 11) is -1.46. The lowest BCUT2D eigenvalue weighted by Crippen LogP contribution is -2.17. The van der Waals surface area contributed by atoms with E-state index in [1.165, 1.54) is 25.3 Å². The molecule has 0 aliphatic rings. The molecule has 9 heteroatoms. The molecular formula is C24H28F3N3O3. The molecular weight excluding hydrogens is 435 g/mol. The number of nitrogens with one attached hydrogen (secondary N) is 1. The van der Waals surface area contributed by atoms with E-state index in [0.717, 1.165) is 12.1 Å². The van der Waals surface area contributed by atoms with Crippen LogP contribution in [0.25, 0.3) is 10.9 Å². The molecule has 2 aromatic carbocycles. The van der Waals surface area contributed by atoms with E-state index < -0.39 is 18.8 Å². The van der Waals surface area contributed by atoms with Gasteiger partial charge >= 0.3 is 6.18 Å². The van der Waals surface area contributed by atoms with Crippen LogP contribution in [0.2, 0.25) is 0 Å². The number of rotatable bonds is 9. The van der Waals surface area contributed by atoms with Crippen LogP contribution in [0.5, 0.6) is 23.1 Å². The van der Waals surface area contributed by atoms with Crippen molar-refractivity contribution >= 4 is 16.6 Å². The summed E-state index contributed by atoms with van der Waals surface area (Å²) in [5, 5.41) is 3.53. The van der Waals surface area contributed by atoms with E-state index in [9.17, 15) is 13.2 Å². The van der Waals surface area contributed by atoms with Gasteiger partial charge in [-0.3, -0.25) is 0 Å². The molecule has 6 nitrogen and oxygen atoms in total. The third kappa shape index (κ3) is 5.60. The van der Waals surface area contributed by atoms with Gasteiger partial charge in [-0.25, -0.2) is 4.98 Å². The number of hydrogen-bond donors (Lipinski definition) is 2. The first-order valence-electron chi connectivity index (χ1n) is 12.3. The van der Waals surface area contributed by atoms with Crippen LogP contribution < -0.4 is 25.3 Å². The van der Waals surface area contributed by atoms with E-state index in [-0.39, 0.29) is 46.4 Å². The largest absolute Gasteiger partial charge is 0.493 e. The number of fused-ring (bicyclic) bond motifs is 1. The molecule has 3 rings (SSSR count). The zero-order chi connectivity index (χ0) is 27.5. The Morgan fingerprint density at radius 1 is 1.27 bits per heavy atom. The molecule has 1 atom stereocenters. The number of benzene rings is 2. The molecule has 0 fully saturated rings. The molecule has 0 saturated heterocycles. The number of anilines is 1. The Labute approximate surface area is 196 Å². The maximum Gasteiger partial charge on any atom is 0.416 e. The van der Waals surface area contributed by atoms with Crippen molar-refractivity contribution in [3.05, 3.63) is 47.5 Å². The Morgan fingerprint density at radius 3 is 2.73 bits per heavy atom. The fourth-order valence-electron chi connectivity index (χ4n) is 3.45. The Morgan fingerprint density at radius 2 is 2.06 bits per heavy atom. The van der Waals surface area contributed by atoms with Crippen LogP contribution in [-0.2, 0) is 6.18 Å². The molecule has 3 aromatic rings. The van der Waals surface area contributed by atoms with Gasteiger partial charge in [-0.05, 0) is 57.0 Å². The molecule has 0 amide bonds. The van der Waals surface area contributed by atoms with Gasteiger partial charge in [0.2, 0.25) is 5.88 Å². The number of halogens is 3. The van der Waals surface area contributed by atoms with E-state index in [4.69, 9.17) is 25.4 Å². The highest BCUT2D eigenvalue weighted by molar-refractivity contribution is 6.00. The van der Waals surface area contributed by atoms with Crippen molar-refractivity contribution in [1.29, 1.82) is 0 Å². The summed E-state index contributed by atoms with van der Waals surface area (Å²) in [6.07, 6.45) is -3.20. The highest BCUT2D eigenvalue weighted by atomic mass is 19.4. The van der Waals surface area contributed by atoms with Crippen LogP contribution in [0.3, 0.4) is 0 Å². The first-order chi connectivity index (χ1) is 17.2. The average Bonchev–Trinajstić information content (AvgIpc) is 2.78. The van der Waals surface area contributed by atoms with Crippen LogP contribution in [-0.4, -0.2) is 31.7 Å².